The van der Waals surface area contributed by atoms with E-state index in [2.05, 4.69) is 20.4 Å². The zero-order valence-electron chi connectivity index (χ0n) is 14.7. The Morgan fingerprint density at radius 1 is 1.12 bits per heavy atom. The summed E-state index contributed by atoms with van der Waals surface area (Å²) in [6, 6.07) is 5.25. The molecule has 1 saturated heterocycles. The van der Waals surface area contributed by atoms with Crippen LogP contribution in [0.5, 0.6) is 0 Å². The Hall–Kier alpha value is -1.08. The second-order valence-electron chi connectivity index (χ2n) is 7.15. The summed E-state index contributed by atoms with van der Waals surface area (Å²) in [6.45, 7) is 9.46. The number of amides is 1. The lowest BCUT2D eigenvalue weighted by Crippen LogP contribution is -2.53. The molecule has 1 aromatic carbocycles. The third kappa shape index (κ3) is 6.98. The molecule has 2 N–H and O–H groups in total. The van der Waals surface area contributed by atoms with E-state index in [0.717, 1.165) is 31.9 Å². The summed E-state index contributed by atoms with van der Waals surface area (Å²) in [6.07, 6.45) is 0. The SMILES string of the molecule is CC(C)(C)NC(=O)CN1CCN(C(=S)Nc2cc(Cl)cc(Cl)c2)CC1. The van der Waals surface area contributed by atoms with Crippen molar-refractivity contribution in [1.29, 1.82) is 0 Å². The van der Waals surface area contributed by atoms with Crippen LogP contribution in [0.1, 0.15) is 20.8 Å². The van der Waals surface area contributed by atoms with E-state index in [0.29, 0.717) is 21.7 Å². The van der Waals surface area contributed by atoms with Crippen molar-refractivity contribution in [2.75, 3.05) is 38.0 Å². The minimum atomic E-state index is -0.206. The van der Waals surface area contributed by atoms with Crippen LogP contribution in [0.4, 0.5) is 5.69 Å². The van der Waals surface area contributed by atoms with Gasteiger partial charge in [0.1, 0.15) is 0 Å². The Balaban J connectivity index is 1.81. The van der Waals surface area contributed by atoms with Gasteiger partial charge < -0.3 is 15.5 Å². The molecule has 25 heavy (non-hydrogen) atoms. The number of hydrogen-bond acceptors (Lipinski definition) is 3. The summed E-state index contributed by atoms with van der Waals surface area (Å²) < 4.78 is 0. The van der Waals surface area contributed by atoms with E-state index in [1.54, 1.807) is 18.2 Å². The largest absolute Gasteiger partial charge is 0.350 e. The first-order valence-corrected chi connectivity index (χ1v) is 9.34. The number of thiocarbonyl (C=S) groups is 1. The second kappa shape index (κ2) is 8.54. The van der Waals surface area contributed by atoms with Crippen LogP contribution in [0.2, 0.25) is 10.0 Å². The normalized spacial score (nSPS) is 15.8. The van der Waals surface area contributed by atoms with E-state index in [1.807, 2.05) is 20.8 Å². The summed E-state index contributed by atoms with van der Waals surface area (Å²) in [4.78, 5) is 16.2. The molecule has 1 amide bonds. The van der Waals surface area contributed by atoms with E-state index in [4.69, 9.17) is 35.4 Å². The number of anilines is 1. The average Bonchev–Trinajstić information content (AvgIpc) is 2.44. The molecule has 1 fully saturated rings. The number of hydrogen-bond donors (Lipinski definition) is 2. The minimum Gasteiger partial charge on any atom is -0.350 e. The van der Waals surface area contributed by atoms with Crippen LogP contribution in [-0.2, 0) is 4.79 Å². The first kappa shape index (κ1) is 20.2. The predicted octanol–water partition coefficient (Wildman–Crippen LogP) is 3.22. The maximum absolute atomic E-state index is 12.0. The molecule has 138 valence electrons. The first-order chi connectivity index (χ1) is 11.6. The topological polar surface area (TPSA) is 47.6 Å². The van der Waals surface area contributed by atoms with Gasteiger partial charge in [-0.15, -0.1) is 0 Å². The van der Waals surface area contributed by atoms with Gasteiger partial charge in [0.15, 0.2) is 5.11 Å². The molecule has 1 aromatic rings. The molecule has 0 saturated carbocycles. The Kier molecular flexibility index (Phi) is 6.91. The van der Waals surface area contributed by atoms with Crippen LogP contribution in [0.3, 0.4) is 0 Å². The van der Waals surface area contributed by atoms with Gasteiger partial charge in [-0.2, -0.15) is 0 Å². The van der Waals surface area contributed by atoms with E-state index in [-0.39, 0.29) is 11.4 Å². The Labute approximate surface area is 164 Å². The number of nitrogens with zero attached hydrogens (tertiary/aromatic N) is 2. The number of carbonyl (C=O) groups is 1. The fourth-order valence-corrected chi connectivity index (χ4v) is 3.42. The standard InChI is InChI=1S/C17H24Cl2N4OS/c1-17(2,3)21-15(24)11-22-4-6-23(7-5-22)16(25)20-14-9-12(18)8-13(19)10-14/h8-10H,4-7,11H2,1-3H3,(H,20,25)(H,21,24). The number of benzene rings is 1. The highest BCUT2D eigenvalue weighted by molar-refractivity contribution is 7.80. The highest BCUT2D eigenvalue weighted by Gasteiger charge is 2.22. The molecule has 1 aliphatic rings. The minimum absolute atomic E-state index is 0.0511. The lowest BCUT2D eigenvalue weighted by molar-refractivity contribution is -0.123. The monoisotopic (exact) mass is 402 g/mol. The Morgan fingerprint density at radius 3 is 2.20 bits per heavy atom. The molecule has 0 spiro atoms. The maximum Gasteiger partial charge on any atom is 0.234 e. The van der Waals surface area contributed by atoms with Crippen LogP contribution >= 0.6 is 35.4 Å². The fraction of sp³-hybridized carbons (Fsp3) is 0.529. The van der Waals surface area contributed by atoms with Gasteiger partial charge in [-0.1, -0.05) is 23.2 Å². The molecular weight excluding hydrogens is 379 g/mol. The predicted molar refractivity (Wildman–Crippen MR) is 109 cm³/mol. The maximum atomic E-state index is 12.0. The zero-order valence-corrected chi connectivity index (χ0v) is 17.1. The fourth-order valence-electron chi connectivity index (χ4n) is 2.60. The lowest BCUT2D eigenvalue weighted by Gasteiger charge is -2.36. The summed E-state index contributed by atoms with van der Waals surface area (Å²) in [5.41, 5.74) is 0.567. The molecule has 0 bridgehead atoms. The molecule has 1 heterocycles. The lowest BCUT2D eigenvalue weighted by atomic mass is 10.1. The molecule has 5 nitrogen and oxygen atoms in total. The summed E-state index contributed by atoms with van der Waals surface area (Å²) >= 11 is 17.5. The molecule has 0 unspecified atom stereocenters. The average molecular weight is 403 g/mol. The third-order valence-corrected chi connectivity index (χ3v) is 4.45. The molecule has 0 radical (unpaired) electrons. The van der Waals surface area contributed by atoms with Crippen molar-refractivity contribution in [2.24, 2.45) is 0 Å². The van der Waals surface area contributed by atoms with Gasteiger partial charge in [-0.25, -0.2) is 0 Å². The van der Waals surface area contributed by atoms with Crippen molar-refractivity contribution < 1.29 is 4.79 Å². The van der Waals surface area contributed by atoms with Gasteiger partial charge in [0.25, 0.3) is 0 Å². The zero-order chi connectivity index (χ0) is 18.6. The smallest absolute Gasteiger partial charge is 0.234 e. The number of nitrogens with one attached hydrogen (secondary N) is 2. The Morgan fingerprint density at radius 2 is 1.68 bits per heavy atom. The van der Waals surface area contributed by atoms with Crippen molar-refractivity contribution in [1.82, 2.24) is 15.1 Å². The van der Waals surface area contributed by atoms with E-state index in [1.165, 1.54) is 0 Å². The van der Waals surface area contributed by atoms with Crippen LogP contribution in [0.25, 0.3) is 0 Å². The summed E-state index contributed by atoms with van der Waals surface area (Å²) in [7, 11) is 0. The van der Waals surface area contributed by atoms with Crippen molar-refractivity contribution in [3.8, 4) is 0 Å². The quantitative estimate of drug-likeness (QED) is 0.759. The molecule has 8 heteroatoms. The number of piperazine rings is 1. The highest BCUT2D eigenvalue weighted by atomic mass is 35.5. The van der Waals surface area contributed by atoms with Gasteiger partial charge in [-0.3, -0.25) is 9.69 Å². The second-order valence-corrected chi connectivity index (χ2v) is 8.41. The van der Waals surface area contributed by atoms with Gasteiger partial charge in [0, 0.05) is 47.5 Å². The number of rotatable bonds is 3. The third-order valence-electron chi connectivity index (χ3n) is 3.65. The summed E-state index contributed by atoms with van der Waals surface area (Å²) in [5, 5.41) is 7.92. The van der Waals surface area contributed by atoms with Crippen molar-refractivity contribution in [3.63, 3.8) is 0 Å². The van der Waals surface area contributed by atoms with Gasteiger partial charge >= 0.3 is 0 Å². The number of halogens is 2. The van der Waals surface area contributed by atoms with E-state index in [9.17, 15) is 4.79 Å². The van der Waals surface area contributed by atoms with Crippen LogP contribution in [-0.4, -0.2) is 59.1 Å². The van der Waals surface area contributed by atoms with Crippen LogP contribution < -0.4 is 10.6 Å². The van der Waals surface area contributed by atoms with Gasteiger partial charge in [0.2, 0.25) is 5.91 Å². The Bertz CT molecular complexity index is 620. The summed E-state index contributed by atoms with van der Waals surface area (Å²) in [5.74, 6) is 0.0511. The van der Waals surface area contributed by atoms with Gasteiger partial charge in [-0.05, 0) is 51.2 Å². The van der Waals surface area contributed by atoms with Crippen LogP contribution in [0, 0.1) is 0 Å². The highest BCUT2D eigenvalue weighted by Crippen LogP contribution is 2.22. The molecule has 1 aliphatic heterocycles. The van der Waals surface area contributed by atoms with Crippen molar-refractivity contribution in [3.05, 3.63) is 28.2 Å². The van der Waals surface area contributed by atoms with E-state index < -0.39 is 0 Å². The molecule has 0 atom stereocenters. The first-order valence-electron chi connectivity index (χ1n) is 8.18. The van der Waals surface area contributed by atoms with Gasteiger partial charge in [0.05, 0.1) is 6.54 Å². The van der Waals surface area contributed by atoms with E-state index >= 15 is 0 Å². The molecule has 2 rings (SSSR count). The number of carbonyl (C=O) groups excluding carboxylic acids is 1. The van der Waals surface area contributed by atoms with Crippen molar-refractivity contribution in [2.45, 2.75) is 26.3 Å². The molecular formula is C17H24Cl2N4OS. The molecule has 0 aromatic heterocycles. The van der Waals surface area contributed by atoms with Crippen molar-refractivity contribution >= 4 is 52.1 Å². The van der Waals surface area contributed by atoms with Crippen LogP contribution in [0.15, 0.2) is 18.2 Å². The molecule has 0 aliphatic carbocycles.